The van der Waals surface area contributed by atoms with Gasteiger partial charge in [-0.2, -0.15) is 0 Å². The quantitative estimate of drug-likeness (QED) is 0.359. The van der Waals surface area contributed by atoms with E-state index in [1.807, 2.05) is 25.3 Å². The molecule has 0 aromatic carbocycles. The van der Waals surface area contributed by atoms with E-state index in [0.29, 0.717) is 11.7 Å². The van der Waals surface area contributed by atoms with E-state index in [-0.39, 0.29) is 0 Å². The first-order valence-corrected chi connectivity index (χ1v) is 4.29. The van der Waals surface area contributed by atoms with Gasteiger partial charge in [-0.3, -0.25) is 4.98 Å². The Morgan fingerprint density at radius 3 is 2.92 bits per heavy atom. The molecule has 0 saturated heterocycles. The molecule has 5 heteroatoms. The number of nitrogens with zero attached hydrogens (tertiary/aromatic N) is 1. The fourth-order valence-corrected chi connectivity index (χ4v) is 0.897. The topological polar surface area (TPSA) is 63.0 Å². The lowest BCUT2D eigenvalue weighted by Crippen LogP contribution is -2.39. The number of rotatable bonds is 2. The summed E-state index contributed by atoms with van der Waals surface area (Å²) in [6, 6.07) is 3.95. The Bertz CT molecular complexity index is 283. The monoisotopic (exact) mass is 196 g/mol. The maximum atomic E-state index is 5.09. The number of hydrazine groups is 1. The fourth-order valence-electron chi connectivity index (χ4n) is 0.825. The molecule has 70 valence electrons. The van der Waals surface area contributed by atoms with Crippen LogP contribution in [0.2, 0.25) is 0 Å². The third kappa shape index (κ3) is 3.35. The third-order valence-corrected chi connectivity index (χ3v) is 1.80. The van der Waals surface area contributed by atoms with Gasteiger partial charge in [-0.1, -0.05) is 6.07 Å². The Morgan fingerprint density at radius 1 is 1.62 bits per heavy atom. The molecule has 1 aromatic heterocycles. The van der Waals surface area contributed by atoms with Crippen LogP contribution >= 0.6 is 12.2 Å². The molecule has 1 heterocycles. The molecular formula is C8H12N4S. The summed E-state index contributed by atoms with van der Waals surface area (Å²) in [5.74, 6) is 5.09. The number of thiocarbonyl (C=S) groups is 1. The summed E-state index contributed by atoms with van der Waals surface area (Å²) in [5.41, 5.74) is 4.41. The SMILES string of the molecule is Cc1ccc(CNC(=S)NN)nc1. The summed E-state index contributed by atoms with van der Waals surface area (Å²) in [4.78, 5) is 4.19. The van der Waals surface area contributed by atoms with E-state index in [1.54, 1.807) is 0 Å². The highest BCUT2D eigenvalue weighted by atomic mass is 32.1. The van der Waals surface area contributed by atoms with Gasteiger partial charge in [0.25, 0.3) is 0 Å². The molecule has 0 saturated carbocycles. The molecule has 0 atom stereocenters. The highest BCUT2D eigenvalue weighted by Gasteiger charge is 1.94. The minimum Gasteiger partial charge on any atom is -0.356 e. The predicted octanol–water partition coefficient (Wildman–Crippen LogP) is 0.228. The average Bonchev–Trinajstić information content (AvgIpc) is 2.16. The Hall–Kier alpha value is -1.20. The first-order valence-electron chi connectivity index (χ1n) is 3.88. The lowest BCUT2D eigenvalue weighted by Gasteiger charge is -2.05. The molecule has 0 aliphatic rings. The van der Waals surface area contributed by atoms with Crippen LogP contribution in [0.15, 0.2) is 18.3 Å². The van der Waals surface area contributed by atoms with Crippen molar-refractivity contribution in [2.45, 2.75) is 13.5 Å². The summed E-state index contributed by atoms with van der Waals surface area (Å²) in [7, 11) is 0. The second-order valence-electron chi connectivity index (χ2n) is 2.65. The molecule has 0 amide bonds. The largest absolute Gasteiger partial charge is 0.356 e. The summed E-state index contributed by atoms with van der Waals surface area (Å²) >= 11 is 4.81. The molecule has 0 bridgehead atoms. The van der Waals surface area contributed by atoms with E-state index in [2.05, 4.69) is 15.7 Å². The van der Waals surface area contributed by atoms with E-state index in [0.717, 1.165) is 11.3 Å². The molecule has 1 aromatic rings. The minimum absolute atomic E-state index is 0.419. The van der Waals surface area contributed by atoms with E-state index in [9.17, 15) is 0 Å². The first-order chi connectivity index (χ1) is 6.22. The highest BCUT2D eigenvalue weighted by molar-refractivity contribution is 7.80. The highest BCUT2D eigenvalue weighted by Crippen LogP contribution is 1.97. The zero-order valence-electron chi connectivity index (χ0n) is 7.37. The molecule has 1 rings (SSSR count). The molecule has 0 aliphatic carbocycles. The van der Waals surface area contributed by atoms with Crippen molar-refractivity contribution in [2.24, 2.45) is 5.84 Å². The van der Waals surface area contributed by atoms with Crippen molar-refractivity contribution in [3.8, 4) is 0 Å². The summed E-state index contributed by atoms with van der Waals surface area (Å²) in [6.45, 7) is 2.58. The molecule has 4 N–H and O–H groups in total. The average molecular weight is 196 g/mol. The zero-order valence-corrected chi connectivity index (χ0v) is 8.19. The number of hydrogen-bond donors (Lipinski definition) is 3. The second-order valence-corrected chi connectivity index (χ2v) is 3.06. The van der Waals surface area contributed by atoms with Crippen molar-refractivity contribution in [3.05, 3.63) is 29.6 Å². The van der Waals surface area contributed by atoms with Gasteiger partial charge in [0, 0.05) is 6.20 Å². The first kappa shape index (κ1) is 9.88. The van der Waals surface area contributed by atoms with Crippen LogP contribution in [-0.2, 0) is 6.54 Å². The van der Waals surface area contributed by atoms with Crippen molar-refractivity contribution in [2.75, 3.05) is 0 Å². The van der Waals surface area contributed by atoms with E-state index in [4.69, 9.17) is 18.1 Å². The Morgan fingerprint density at radius 2 is 2.38 bits per heavy atom. The Kier molecular flexibility index (Phi) is 3.60. The molecule has 0 aliphatic heterocycles. The van der Waals surface area contributed by atoms with Gasteiger partial charge in [0.15, 0.2) is 5.11 Å². The molecule has 0 unspecified atom stereocenters. The van der Waals surface area contributed by atoms with Crippen LogP contribution in [0.4, 0.5) is 0 Å². The Labute approximate surface area is 82.5 Å². The van der Waals surface area contributed by atoms with E-state index >= 15 is 0 Å². The van der Waals surface area contributed by atoms with Crippen LogP contribution in [0.25, 0.3) is 0 Å². The maximum absolute atomic E-state index is 5.09. The maximum Gasteiger partial charge on any atom is 0.180 e. The van der Waals surface area contributed by atoms with Crippen molar-refractivity contribution in [1.29, 1.82) is 0 Å². The van der Waals surface area contributed by atoms with Gasteiger partial charge < -0.3 is 10.7 Å². The van der Waals surface area contributed by atoms with Crippen LogP contribution in [0.5, 0.6) is 0 Å². The van der Waals surface area contributed by atoms with Crippen molar-refractivity contribution in [1.82, 2.24) is 15.7 Å². The van der Waals surface area contributed by atoms with Gasteiger partial charge in [0.2, 0.25) is 0 Å². The predicted molar refractivity (Wildman–Crippen MR) is 55.7 cm³/mol. The van der Waals surface area contributed by atoms with Crippen LogP contribution in [0.3, 0.4) is 0 Å². The summed E-state index contributed by atoms with van der Waals surface area (Å²) in [6.07, 6.45) is 1.82. The summed E-state index contributed by atoms with van der Waals surface area (Å²) < 4.78 is 0. The second kappa shape index (κ2) is 4.74. The fraction of sp³-hybridized carbons (Fsp3) is 0.250. The normalized spacial score (nSPS) is 9.38. The molecule has 0 radical (unpaired) electrons. The molecular weight excluding hydrogens is 184 g/mol. The van der Waals surface area contributed by atoms with Gasteiger partial charge in [-0.15, -0.1) is 0 Å². The van der Waals surface area contributed by atoms with Gasteiger partial charge in [0.05, 0.1) is 12.2 Å². The Balaban J connectivity index is 2.46. The van der Waals surface area contributed by atoms with Gasteiger partial charge in [0.1, 0.15) is 0 Å². The number of hydrogen-bond acceptors (Lipinski definition) is 3. The van der Waals surface area contributed by atoms with E-state index in [1.165, 1.54) is 0 Å². The van der Waals surface area contributed by atoms with Crippen LogP contribution in [0, 0.1) is 6.92 Å². The molecule has 0 fully saturated rings. The standard InChI is InChI=1S/C8H12N4S/c1-6-2-3-7(10-4-6)5-11-8(13)12-9/h2-4H,5,9H2,1H3,(H2,11,12,13). The lowest BCUT2D eigenvalue weighted by atomic mass is 10.3. The van der Waals surface area contributed by atoms with Gasteiger partial charge in [-0.25, -0.2) is 5.84 Å². The number of aryl methyl sites for hydroxylation is 1. The molecule has 13 heavy (non-hydrogen) atoms. The third-order valence-electron chi connectivity index (χ3n) is 1.53. The minimum atomic E-state index is 0.419. The molecule has 0 spiro atoms. The summed E-state index contributed by atoms with van der Waals surface area (Å²) in [5, 5.41) is 3.32. The van der Waals surface area contributed by atoms with Crippen molar-refractivity contribution < 1.29 is 0 Å². The number of nitrogens with two attached hydrogens (primary N) is 1. The smallest absolute Gasteiger partial charge is 0.180 e. The van der Waals surface area contributed by atoms with E-state index < -0.39 is 0 Å². The van der Waals surface area contributed by atoms with Crippen LogP contribution in [0.1, 0.15) is 11.3 Å². The number of pyridine rings is 1. The lowest BCUT2D eigenvalue weighted by molar-refractivity contribution is 0.838. The van der Waals surface area contributed by atoms with Crippen LogP contribution in [-0.4, -0.2) is 10.1 Å². The number of aromatic nitrogens is 1. The van der Waals surface area contributed by atoms with Crippen molar-refractivity contribution >= 4 is 17.3 Å². The van der Waals surface area contributed by atoms with Crippen molar-refractivity contribution in [3.63, 3.8) is 0 Å². The zero-order chi connectivity index (χ0) is 9.68. The molecule has 4 nitrogen and oxygen atoms in total. The van der Waals surface area contributed by atoms with Gasteiger partial charge in [-0.05, 0) is 30.8 Å². The van der Waals surface area contributed by atoms with Gasteiger partial charge >= 0.3 is 0 Å². The number of nitrogens with one attached hydrogen (secondary N) is 2. The van der Waals surface area contributed by atoms with Crippen LogP contribution < -0.4 is 16.6 Å².